The van der Waals surface area contributed by atoms with Gasteiger partial charge >= 0.3 is 0 Å². The zero-order chi connectivity index (χ0) is 21.1. The molecule has 0 aliphatic heterocycles. The van der Waals surface area contributed by atoms with E-state index in [2.05, 4.69) is 9.97 Å². The van der Waals surface area contributed by atoms with Crippen LogP contribution in [0.15, 0.2) is 42.6 Å². The molecule has 7 nitrogen and oxygen atoms in total. The normalized spacial score (nSPS) is 13.2. The van der Waals surface area contributed by atoms with Gasteiger partial charge in [0.1, 0.15) is 17.3 Å². The van der Waals surface area contributed by atoms with Crippen molar-refractivity contribution in [3.63, 3.8) is 0 Å². The molecule has 0 atom stereocenters. The topological polar surface area (TPSA) is 122 Å². The summed E-state index contributed by atoms with van der Waals surface area (Å²) >= 11 is 0. The fraction of sp³-hybridized carbons (Fsp3) is 0.304. The third-order valence-electron chi connectivity index (χ3n) is 5.11. The van der Waals surface area contributed by atoms with Crippen LogP contribution >= 0.6 is 0 Å². The van der Waals surface area contributed by atoms with Gasteiger partial charge in [0, 0.05) is 23.9 Å². The molecule has 0 spiro atoms. The molecule has 1 heterocycles. The number of nitrogen functional groups attached to an aromatic ring is 3. The Morgan fingerprint density at radius 2 is 1.70 bits per heavy atom. The van der Waals surface area contributed by atoms with Crippen LogP contribution in [0.25, 0.3) is 11.1 Å². The van der Waals surface area contributed by atoms with Gasteiger partial charge in [-0.15, -0.1) is 0 Å². The maximum absolute atomic E-state index is 6.27. The number of nitrogens with zero attached hydrogens (tertiary/aromatic N) is 2. The first-order valence-electron chi connectivity index (χ1n) is 10.2. The van der Waals surface area contributed by atoms with Crippen molar-refractivity contribution in [2.75, 3.05) is 30.4 Å². The Morgan fingerprint density at radius 3 is 2.33 bits per heavy atom. The van der Waals surface area contributed by atoms with Crippen molar-refractivity contribution in [1.82, 2.24) is 9.97 Å². The number of aromatic nitrogens is 2. The van der Waals surface area contributed by atoms with Gasteiger partial charge in [-0.25, -0.2) is 4.98 Å². The standard InChI is InChI=1S/C23H27N5O2/c1-2-29-19-10-15(9-17-12-27-23(26)28-22(17)25)11-20(30-13-14-3-4-14)21(19)16-5-7-18(24)8-6-16/h5-8,10-12,14H,2-4,9,13,24H2,1H3,(H4,25,26,27,28). The molecule has 3 aromatic rings. The van der Waals surface area contributed by atoms with Crippen LogP contribution < -0.4 is 26.7 Å². The van der Waals surface area contributed by atoms with E-state index < -0.39 is 0 Å². The maximum atomic E-state index is 6.27. The van der Waals surface area contributed by atoms with Crippen LogP contribution in [0.1, 0.15) is 30.9 Å². The lowest BCUT2D eigenvalue weighted by Crippen LogP contribution is -2.06. The molecule has 1 saturated carbocycles. The summed E-state index contributed by atoms with van der Waals surface area (Å²) in [5, 5.41) is 0. The highest BCUT2D eigenvalue weighted by Crippen LogP contribution is 2.42. The van der Waals surface area contributed by atoms with Crippen LogP contribution in [0.3, 0.4) is 0 Å². The summed E-state index contributed by atoms with van der Waals surface area (Å²) in [6.07, 6.45) is 4.65. The summed E-state index contributed by atoms with van der Waals surface area (Å²) in [5.41, 5.74) is 22.0. The highest BCUT2D eigenvalue weighted by atomic mass is 16.5. The van der Waals surface area contributed by atoms with E-state index in [4.69, 9.17) is 26.7 Å². The second-order valence-electron chi connectivity index (χ2n) is 7.59. The van der Waals surface area contributed by atoms with E-state index in [0.717, 1.165) is 33.8 Å². The molecular weight excluding hydrogens is 378 g/mol. The Morgan fingerprint density at radius 1 is 1.00 bits per heavy atom. The Kier molecular flexibility index (Phi) is 5.61. The van der Waals surface area contributed by atoms with Crippen molar-refractivity contribution >= 4 is 17.5 Å². The highest BCUT2D eigenvalue weighted by molar-refractivity contribution is 5.78. The van der Waals surface area contributed by atoms with Crippen LogP contribution in [0.2, 0.25) is 0 Å². The lowest BCUT2D eigenvalue weighted by Gasteiger charge is -2.18. The number of hydrogen-bond donors (Lipinski definition) is 3. The van der Waals surface area contributed by atoms with Crippen molar-refractivity contribution in [3.05, 3.63) is 53.7 Å². The molecule has 0 radical (unpaired) electrons. The van der Waals surface area contributed by atoms with Crippen LogP contribution in [0, 0.1) is 5.92 Å². The summed E-state index contributed by atoms with van der Waals surface area (Å²) in [5.74, 6) is 2.73. The Balaban J connectivity index is 1.76. The van der Waals surface area contributed by atoms with E-state index in [1.54, 1.807) is 6.20 Å². The Bertz CT molecular complexity index is 1030. The highest BCUT2D eigenvalue weighted by Gasteiger charge is 2.24. The van der Waals surface area contributed by atoms with Gasteiger partial charge in [0.05, 0.1) is 18.8 Å². The quantitative estimate of drug-likeness (QED) is 0.489. The average molecular weight is 406 g/mol. The molecule has 6 N–H and O–H groups in total. The van der Waals surface area contributed by atoms with Crippen LogP contribution in [0.4, 0.5) is 17.5 Å². The number of benzene rings is 2. The molecule has 4 rings (SSSR count). The lowest BCUT2D eigenvalue weighted by molar-refractivity contribution is 0.296. The fourth-order valence-corrected chi connectivity index (χ4v) is 3.35. The van der Waals surface area contributed by atoms with Crippen molar-refractivity contribution in [3.8, 4) is 22.6 Å². The molecule has 0 bridgehead atoms. The maximum Gasteiger partial charge on any atom is 0.221 e. The van der Waals surface area contributed by atoms with E-state index in [1.807, 2.05) is 43.3 Å². The molecular formula is C23H27N5O2. The van der Waals surface area contributed by atoms with Crippen molar-refractivity contribution in [1.29, 1.82) is 0 Å². The summed E-state index contributed by atoms with van der Waals surface area (Å²) in [6.45, 7) is 3.21. The summed E-state index contributed by atoms with van der Waals surface area (Å²) in [6, 6.07) is 11.8. The van der Waals surface area contributed by atoms with E-state index in [1.165, 1.54) is 12.8 Å². The van der Waals surface area contributed by atoms with Crippen LogP contribution in [-0.2, 0) is 6.42 Å². The number of rotatable bonds is 8. The SMILES string of the molecule is CCOc1cc(Cc2cnc(N)nc2N)cc(OCC2CC2)c1-c1ccc(N)cc1. The zero-order valence-electron chi connectivity index (χ0n) is 17.1. The molecule has 0 amide bonds. The molecule has 7 heteroatoms. The van der Waals surface area contributed by atoms with Gasteiger partial charge < -0.3 is 26.7 Å². The molecule has 1 fully saturated rings. The van der Waals surface area contributed by atoms with Crippen LogP contribution in [-0.4, -0.2) is 23.2 Å². The zero-order valence-corrected chi connectivity index (χ0v) is 17.1. The van der Waals surface area contributed by atoms with Gasteiger partial charge in [-0.1, -0.05) is 12.1 Å². The number of hydrogen-bond acceptors (Lipinski definition) is 7. The third kappa shape index (κ3) is 4.56. The van der Waals surface area contributed by atoms with Gasteiger partial charge in [0.25, 0.3) is 0 Å². The van der Waals surface area contributed by atoms with E-state index >= 15 is 0 Å². The minimum Gasteiger partial charge on any atom is -0.493 e. The number of anilines is 3. The monoisotopic (exact) mass is 405 g/mol. The molecule has 30 heavy (non-hydrogen) atoms. The first kappa shape index (κ1) is 19.8. The molecule has 1 aromatic heterocycles. The van der Waals surface area contributed by atoms with Crippen molar-refractivity contribution in [2.24, 2.45) is 5.92 Å². The third-order valence-corrected chi connectivity index (χ3v) is 5.11. The molecule has 0 unspecified atom stereocenters. The second-order valence-corrected chi connectivity index (χ2v) is 7.59. The summed E-state index contributed by atoms with van der Waals surface area (Å²) in [4.78, 5) is 8.13. The van der Waals surface area contributed by atoms with Crippen molar-refractivity contribution < 1.29 is 9.47 Å². The van der Waals surface area contributed by atoms with Crippen LogP contribution in [0.5, 0.6) is 11.5 Å². The minimum atomic E-state index is 0.165. The second kappa shape index (κ2) is 8.49. The number of ether oxygens (including phenoxy) is 2. The lowest BCUT2D eigenvalue weighted by atomic mass is 9.98. The molecule has 2 aromatic carbocycles. The average Bonchev–Trinajstić information content (AvgIpc) is 3.54. The van der Waals surface area contributed by atoms with Crippen molar-refractivity contribution in [2.45, 2.75) is 26.2 Å². The van der Waals surface area contributed by atoms with Gasteiger partial charge in [-0.05, 0) is 61.1 Å². The molecule has 1 aliphatic carbocycles. The Labute approximate surface area is 176 Å². The minimum absolute atomic E-state index is 0.165. The molecule has 0 saturated heterocycles. The first-order chi connectivity index (χ1) is 14.5. The largest absolute Gasteiger partial charge is 0.493 e. The predicted molar refractivity (Wildman–Crippen MR) is 119 cm³/mol. The Hall–Kier alpha value is -3.48. The molecule has 156 valence electrons. The van der Waals surface area contributed by atoms with Gasteiger partial charge in [-0.2, -0.15) is 4.98 Å². The summed E-state index contributed by atoms with van der Waals surface area (Å²) in [7, 11) is 0. The predicted octanol–water partition coefficient (Wildman–Crippen LogP) is 3.67. The first-order valence-corrected chi connectivity index (χ1v) is 10.2. The summed E-state index contributed by atoms with van der Waals surface area (Å²) < 4.78 is 12.3. The van der Waals surface area contributed by atoms with Gasteiger partial charge in [0.15, 0.2) is 0 Å². The molecule has 1 aliphatic rings. The van der Waals surface area contributed by atoms with E-state index in [0.29, 0.717) is 37.1 Å². The smallest absolute Gasteiger partial charge is 0.221 e. The van der Waals surface area contributed by atoms with E-state index in [9.17, 15) is 0 Å². The van der Waals surface area contributed by atoms with Gasteiger partial charge in [-0.3, -0.25) is 0 Å². The number of nitrogens with two attached hydrogens (primary N) is 3. The van der Waals surface area contributed by atoms with E-state index in [-0.39, 0.29) is 5.95 Å². The fourth-order valence-electron chi connectivity index (χ4n) is 3.35. The van der Waals surface area contributed by atoms with Gasteiger partial charge in [0.2, 0.25) is 5.95 Å².